The first-order valence-corrected chi connectivity index (χ1v) is 7.13. The standard InChI is InChI=1S/C16H18FN3O3/c1-16(2,9-7-14(21)22)18-15(23)13-8-10-20(19-13)12-5-3-11(17)4-6-12/h3-6,8,10H,7,9H2,1-2H3,(H,18,23)(H,21,22). The first-order chi connectivity index (χ1) is 10.8. The second-order valence-corrected chi connectivity index (χ2v) is 5.85. The monoisotopic (exact) mass is 319 g/mol. The molecular formula is C16H18FN3O3. The van der Waals surface area contributed by atoms with Crippen LogP contribution in [-0.4, -0.2) is 32.3 Å². The van der Waals surface area contributed by atoms with E-state index in [0.29, 0.717) is 12.1 Å². The molecule has 1 heterocycles. The van der Waals surface area contributed by atoms with Crippen LogP contribution in [0.2, 0.25) is 0 Å². The lowest BCUT2D eigenvalue weighted by Crippen LogP contribution is -2.43. The number of carboxylic acid groups (broad SMARTS) is 1. The summed E-state index contributed by atoms with van der Waals surface area (Å²) in [6, 6.07) is 7.28. The van der Waals surface area contributed by atoms with Crippen molar-refractivity contribution in [2.75, 3.05) is 0 Å². The summed E-state index contributed by atoms with van der Waals surface area (Å²) >= 11 is 0. The smallest absolute Gasteiger partial charge is 0.303 e. The maximum Gasteiger partial charge on any atom is 0.303 e. The highest BCUT2D eigenvalue weighted by molar-refractivity contribution is 5.92. The van der Waals surface area contributed by atoms with Crippen LogP contribution in [0.5, 0.6) is 0 Å². The summed E-state index contributed by atoms with van der Waals surface area (Å²) in [7, 11) is 0. The molecule has 2 N–H and O–H groups in total. The molecule has 0 saturated heterocycles. The molecule has 0 spiro atoms. The normalized spacial score (nSPS) is 11.3. The van der Waals surface area contributed by atoms with Crippen molar-refractivity contribution in [2.45, 2.75) is 32.2 Å². The highest BCUT2D eigenvalue weighted by atomic mass is 19.1. The van der Waals surface area contributed by atoms with E-state index in [2.05, 4.69) is 10.4 Å². The van der Waals surface area contributed by atoms with E-state index in [1.165, 1.54) is 16.8 Å². The van der Waals surface area contributed by atoms with E-state index in [1.54, 1.807) is 38.2 Å². The van der Waals surface area contributed by atoms with E-state index in [-0.39, 0.29) is 23.8 Å². The van der Waals surface area contributed by atoms with Gasteiger partial charge in [-0.2, -0.15) is 5.10 Å². The molecule has 0 radical (unpaired) electrons. The summed E-state index contributed by atoms with van der Waals surface area (Å²) in [6.45, 7) is 3.51. The first kappa shape index (κ1) is 16.7. The maximum atomic E-state index is 12.9. The average molecular weight is 319 g/mol. The molecule has 0 aliphatic heterocycles. The van der Waals surface area contributed by atoms with Crippen LogP contribution in [0.15, 0.2) is 36.5 Å². The molecule has 0 atom stereocenters. The molecule has 0 unspecified atom stereocenters. The zero-order valence-electron chi connectivity index (χ0n) is 12.9. The minimum Gasteiger partial charge on any atom is -0.481 e. The molecular weight excluding hydrogens is 301 g/mol. The molecule has 0 saturated carbocycles. The van der Waals surface area contributed by atoms with Gasteiger partial charge in [-0.15, -0.1) is 0 Å². The Bertz CT molecular complexity index is 708. The van der Waals surface area contributed by atoms with E-state index in [0.717, 1.165) is 0 Å². The fraction of sp³-hybridized carbons (Fsp3) is 0.312. The minimum absolute atomic E-state index is 0.0305. The Morgan fingerprint density at radius 1 is 1.26 bits per heavy atom. The number of halogens is 1. The molecule has 2 aromatic rings. The minimum atomic E-state index is -0.909. The van der Waals surface area contributed by atoms with Crippen LogP contribution in [-0.2, 0) is 4.79 Å². The number of carbonyl (C=O) groups is 2. The summed E-state index contributed by atoms with van der Waals surface area (Å²) < 4.78 is 14.4. The number of aromatic nitrogens is 2. The lowest BCUT2D eigenvalue weighted by atomic mass is 9.98. The van der Waals surface area contributed by atoms with Crippen molar-refractivity contribution in [1.82, 2.24) is 15.1 Å². The quantitative estimate of drug-likeness (QED) is 0.856. The number of nitrogens with one attached hydrogen (secondary N) is 1. The topological polar surface area (TPSA) is 84.2 Å². The molecule has 1 amide bonds. The van der Waals surface area contributed by atoms with E-state index >= 15 is 0 Å². The van der Waals surface area contributed by atoms with Gasteiger partial charge < -0.3 is 10.4 Å². The lowest BCUT2D eigenvalue weighted by molar-refractivity contribution is -0.137. The van der Waals surface area contributed by atoms with Crippen molar-refractivity contribution >= 4 is 11.9 Å². The van der Waals surface area contributed by atoms with E-state index in [4.69, 9.17) is 5.11 Å². The van der Waals surface area contributed by atoms with Crippen molar-refractivity contribution in [1.29, 1.82) is 0 Å². The lowest BCUT2D eigenvalue weighted by Gasteiger charge is -2.25. The van der Waals surface area contributed by atoms with Crippen LogP contribution in [0, 0.1) is 5.82 Å². The fourth-order valence-corrected chi connectivity index (χ4v) is 2.04. The summed E-state index contributed by atoms with van der Waals surface area (Å²) in [5.74, 6) is -1.65. The van der Waals surface area contributed by atoms with Gasteiger partial charge in [0.2, 0.25) is 0 Å². The summed E-state index contributed by atoms with van der Waals surface area (Å²) in [6.07, 6.45) is 1.89. The Labute approximate surface area is 132 Å². The third kappa shape index (κ3) is 4.64. The molecule has 122 valence electrons. The van der Waals surface area contributed by atoms with Gasteiger partial charge in [0.05, 0.1) is 5.69 Å². The summed E-state index contributed by atoms with van der Waals surface area (Å²) in [5.41, 5.74) is 0.183. The van der Waals surface area contributed by atoms with Gasteiger partial charge in [-0.1, -0.05) is 0 Å². The molecule has 0 fully saturated rings. The number of benzene rings is 1. The molecule has 23 heavy (non-hydrogen) atoms. The largest absolute Gasteiger partial charge is 0.481 e. The van der Waals surface area contributed by atoms with Gasteiger partial charge in [0, 0.05) is 18.2 Å². The molecule has 2 rings (SSSR count). The molecule has 6 nitrogen and oxygen atoms in total. The number of carboxylic acids is 1. The number of aliphatic carboxylic acids is 1. The summed E-state index contributed by atoms with van der Waals surface area (Å²) in [5, 5.41) is 15.6. The number of hydrogen-bond acceptors (Lipinski definition) is 3. The van der Waals surface area contributed by atoms with Crippen molar-refractivity contribution in [3.8, 4) is 5.69 Å². The van der Waals surface area contributed by atoms with Crippen molar-refractivity contribution in [2.24, 2.45) is 0 Å². The number of nitrogens with zero attached hydrogens (tertiary/aromatic N) is 2. The predicted molar refractivity (Wildman–Crippen MR) is 81.9 cm³/mol. The molecule has 0 aliphatic carbocycles. The Hall–Kier alpha value is -2.70. The van der Waals surface area contributed by atoms with Gasteiger partial charge in [0.15, 0.2) is 5.69 Å². The second kappa shape index (κ2) is 6.60. The Kier molecular flexibility index (Phi) is 4.78. The Morgan fingerprint density at radius 2 is 1.91 bits per heavy atom. The highest BCUT2D eigenvalue weighted by Gasteiger charge is 2.23. The van der Waals surface area contributed by atoms with Crippen LogP contribution >= 0.6 is 0 Å². The molecule has 0 aliphatic rings. The van der Waals surface area contributed by atoms with Crippen LogP contribution in [0.1, 0.15) is 37.2 Å². The van der Waals surface area contributed by atoms with Crippen LogP contribution in [0.25, 0.3) is 5.69 Å². The molecule has 0 bridgehead atoms. The third-order valence-electron chi connectivity index (χ3n) is 3.33. The van der Waals surface area contributed by atoms with Crippen LogP contribution < -0.4 is 5.32 Å². The number of hydrogen-bond donors (Lipinski definition) is 2. The van der Waals surface area contributed by atoms with Crippen molar-refractivity contribution < 1.29 is 19.1 Å². The number of amides is 1. The van der Waals surface area contributed by atoms with E-state index in [1.807, 2.05) is 0 Å². The molecule has 7 heteroatoms. The second-order valence-electron chi connectivity index (χ2n) is 5.85. The maximum absolute atomic E-state index is 12.9. The number of carbonyl (C=O) groups excluding carboxylic acids is 1. The highest BCUT2D eigenvalue weighted by Crippen LogP contribution is 2.13. The van der Waals surface area contributed by atoms with Crippen LogP contribution in [0.3, 0.4) is 0 Å². The SMILES string of the molecule is CC(C)(CCC(=O)O)NC(=O)c1ccn(-c2ccc(F)cc2)n1. The Balaban J connectivity index is 2.06. The molecule has 1 aromatic carbocycles. The zero-order valence-corrected chi connectivity index (χ0v) is 12.9. The van der Waals surface area contributed by atoms with Crippen molar-refractivity contribution in [3.05, 3.63) is 48.0 Å². The fourth-order valence-electron chi connectivity index (χ4n) is 2.04. The molecule has 1 aromatic heterocycles. The van der Waals surface area contributed by atoms with Crippen molar-refractivity contribution in [3.63, 3.8) is 0 Å². The predicted octanol–water partition coefficient (Wildman–Crippen LogP) is 2.38. The van der Waals surface area contributed by atoms with E-state index < -0.39 is 11.5 Å². The van der Waals surface area contributed by atoms with Gasteiger partial charge in [0.1, 0.15) is 5.82 Å². The van der Waals surface area contributed by atoms with Gasteiger partial charge in [0.25, 0.3) is 5.91 Å². The first-order valence-electron chi connectivity index (χ1n) is 7.13. The summed E-state index contributed by atoms with van der Waals surface area (Å²) in [4.78, 5) is 22.8. The third-order valence-corrected chi connectivity index (χ3v) is 3.33. The van der Waals surface area contributed by atoms with Gasteiger partial charge in [-0.05, 0) is 50.6 Å². The zero-order chi connectivity index (χ0) is 17.0. The average Bonchev–Trinajstić information content (AvgIpc) is 2.95. The van der Waals surface area contributed by atoms with Gasteiger partial charge in [-0.25, -0.2) is 9.07 Å². The van der Waals surface area contributed by atoms with Crippen LogP contribution in [0.4, 0.5) is 4.39 Å². The van der Waals surface area contributed by atoms with E-state index in [9.17, 15) is 14.0 Å². The van der Waals surface area contributed by atoms with Gasteiger partial charge >= 0.3 is 5.97 Å². The number of rotatable bonds is 6. The van der Waals surface area contributed by atoms with Gasteiger partial charge in [-0.3, -0.25) is 9.59 Å². The Morgan fingerprint density at radius 3 is 2.52 bits per heavy atom.